The largest absolute Gasteiger partial charge is 0.168 e. The van der Waals surface area contributed by atoms with Gasteiger partial charge in [-0.2, -0.15) is 24.4 Å². The first-order chi connectivity index (χ1) is 11.9. The van der Waals surface area contributed by atoms with E-state index in [2.05, 4.69) is 70.1 Å². The zero-order valence-corrected chi connectivity index (χ0v) is 26.2. The molecule has 2 nitrogen and oxygen atoms in total. The monoisotopic (exact) mass is 527 g/mol. The molecule has 0 saturated carbocycles. The molecular formula is C21H43Cl2NOSi3Ti-4. The molecule has 29 heavy (non-hydrogen) atoms. The van der Waals surface area contributed by atoms with Crippen LogP contribution in [0.25, 0.3) is 16.5 Å². The summed E-state index contributed by atoms with van der Waals surface area (Å²) < 4.78 is 0. The van der Waals surface area contributed by atoms with Gasteiger partial charge in [-0.1, -0.05) is 39.9 Å². The zero-order chi connectivity index (χ0) is 21.8. The van der Waals surface area contributed by atoms with Crippen molar-refractivity contribution in [2.24, 2.45) is 0 Å². The van der Waals surface area contributed by atoms with Gasteiger partial charge in [-0.05, 0) is 19.6 Å². The molecule has 0 aliphatic heterocycles. The molecule has 2 aromatic rings. The third-order valence-electron chi connectivity index (χ3n) is 1.55. The number of halogens is 2. The average Bonchev–Trinajstić information content (AvgIpc) is 2.97. The molecule has 8 heteroatoms. The van der Waals surface area contributed by atoms with Gasteiger partial charge in [-0.15, -0.1) is 60.0 Å². The molecule has 172 valence electrons. The molecule has 4 radical (unpaired) electrons. The Balaban J connectivity index is -0.0000000433. The minimum Gasteiger partial charge on any atom is -0.168 e. The Hall–Kier alpha value is 0.695. The van der Waals surface area contributed by atoms with Gasteiger partial charge in [0, 0.05) is 9.52 Å². The van der Waals surface area contributed by atoms with Crippen molar-refractivity contribution in [2.75, 3.05) is 0 Å². The molecule has 2 rings (SSSR count). The Bertz CT molecular complexity index is 462. The summed E-state index contributed by atoms with van der Waals surface area (Å²) in [6, 6.07) is 14.7. The van der Waals surface area contributed by atoms with E-state index in [0.29, 0.717) is 0 Å². The fraction of sp³-hybridized carbons (Fsp3) is 0.476. The van der Waals surface area contributed by atoms with Crippen molar-refractivity contribution in [1.82, 2.24) is 0 Å². The van der Waals surface area contributed by atoms with Crippen LogP contribution in [-0.2, 0) is 19.2 Å². The predicted octanol–water partition coefficient (Wildman–Crippen LogP) is 7.75. The molecule has 0 aliphatic carbocycles. The molecule has 2 N–H and O–H groups in total. The van der Waals surface area contributed by atoms with Crippen LogP contribution in [0, 0.1) is 14.4 Å². The number of benzene rings is 1. The molecule has 0 fully saturated rings. The Morgan fingerprint density at radius 3 is 1.59 bits per heavy atom. The van der Waals surface area contributed by atoms with Crippen LogP contribution in [0.3, 0.4) is 0 Å². The summed E-state index contributed by atoms with van der Waals surface area (Å²) in [7, 11) is 2.44. The van der Waals surface area contributed by atoms with Crippen LogP contribution < -0.4 is 0 Å². The molecule has 0 amide bonds. The molecule has 2 aromatic carbocycles. The van der Waals surface area contributed by atoms with Gasteiger partial charge in [-0.3, -0.25) is 0 Å². The van der Waals surface area contributed by atoms with Crippen molar-refractivity contribution >= 4 is 61.1 Å². The molecule has 0 saturated heterocycles. The van der Waals surface area contributed by atoms with Gasteiger partial charge < -0.3 is 24.9 Å². The number of fused-ring (bicyclic) bond motifs is 1. The smallest absolute Gasteiger partial charge is 0.0809 e. The van der Waals surface area contributed by atoms with Crippen molar-refractivity contribution in [3.8, 4) is 0 Å². The first-order valence-corrected chi connectivity index (χ1v) is 16.8. The second kappa shape index (κ2) is 30.9. The SMILES string of the molecule is CC(C)(C)[NH-].C[Si](C)(C)O.C[Si]C.Cl.Cl.[CH2-]C.[CH3-].[Si]=[Ti].c1ccc2[cH-]ccc2c1. The van der Waals surface area contributed by atoms with Crippen molar-refractivity contribution in [2.45, 2.75) is 66.0 Å². The fourth-order valence-electron chi connectivity index (χ4n) is 1.07. The van der Waals surface area contributed by atoms with Crippen molar-refractivity contribution < 1.29 is 24.0 Å². The van der Waals surface area contributed by atoms with Crippen LogP contribution in [0.15, 0.2) is 42.5 Å². The molecule has 0 spiro atoms. The molecule has 0 aromatic heterocycles. The Labute approximate surface area is 212 Å². The number of rotatable bonds is 0. The van der Waals surface area contributed by atoms with Gasteiger partial charge in [0.2, 0.25) is 0 Å². The molecule has 0 bridgehead atoms. The third-order valence-corrected chi connectivity index (χ3v) is 1.55. The second-order valence-electron chi connectivity index (χ2n) is 7.08. The summed E-state index contributed by atoms with van der Waals surface area (Å²) in [6.45, 7) is 20.5. The first-order valence-electron chi connectivity index (χ1n) is 8.50. The van der Waals surface area contributed by atoms with Gasteiger partial charge >= 0.3 is 26.8 Å². The van der Waals surface area contributed by atoms with Crippen LogP contribution in [0.1, 0.15) is 27.7 Å². The maximum Gasteiger partial charge on any atom is -0.0809 e. The molecule has 0 aliphatic rings. The van der Waals surface area contributed by atoms with Crippen LogP contribution in [-0.4, -0.2) is 35.8 Å². The topological polar surface area (TPSA) is 44.0 Å². The van der Waals surface area contributed by atoms with Gasteiger partial charge in [0.1, 0.15) is 0 Å². The Morgan fingerprint density at radius 1 is 1.03 bits per heavy atom. The van der Waals surface area contributed by atoms with Gasteiger partial charge in [-0.25, -0.2) is 0 Å². The van der Waals surface area contributed by atoms with Crippen LogP contribution >= 0.6 is 24.8 Å². The second-order valence-corrected chi connectivity index (χ2v) is 12.4. The first kappa shape index (κ1) is 47.5. The summed E-state index contributed by atoms with van der Waals surface area (Å²) >= 11 is 1.81. The zero-order valence-electron chi connectivity index (χ0n) is 20.0. The average molecular weight is 529 g/mol. The van der Waals surface area contributed by atoms with Gasteiger partial charge in [0.25, 0.3) is 0 Å². The van der Waals surface area contributed by atoms with E-state index >= 15 is 0 Å². The minimum atomic E-state index is -1.61. The van der Waals surface area contributed by atoms with E-state index in [0.717, 1.165) is 9.52 Å². The number of hydrogen-bond acceptors (Lipinski definition) is 1. The molecular weight excluding hydrogens is 485 g/mol. The van der Waals surface area contributed by atoms with E-state index in [1.165, 1.54) is 10.8 Å². The van der Waals surface area contributed by atoms with E-state index in [-0.39, 0.29) is 37.8 Å². The summed E-state index contributed by atoms with van der Waals surface area (Å²) in [5.74, 6) is 0. The quantitative estimate of drug-likeness (QED) is 0.276. The van der Waals surface area contributed by atoms with Crippen LogP contribution in [0.5, 0.6) is 0 Å². The van der Waals surface area contributed by atoms with Gasteiger partial charge in [0.15, 0.2) is 8.32 Å². The standard InChI is InChI=1S/C9H7.C4H10N.C3H10OSi.C2H6Si.C2H5.CH3.2ClH.Si.Ti/c1-2-5-9-7-3-6-8(9)4-1;1-4(2,3)5;1-5(2,3)4;1-3-2;1-2;;;;;/h1-7H;5H,1-3H3;4H,1-3H3;1-2H3;1H2,2H3;1H3;2*1H;;/q2*-1;;;2*-1;;;;. The van der Waals surface area contributed by atoms with E-state index < -0.39 is 8.32 Å². The van der Waals surface area contributed by atoms with Crippen LogP contribution in [0.2, 0.25) is 32.7 Å². The normalized spacial score (nSPS) is 8.24. The van der Waals surface area contributed by atoms with Crippen molar-refractivity contribution in [3.05, 3.63) is 62.5 Å². The predicted molar refractivity (Wildman–Crippen MR) is 144 cm³/mol. The minimum absolute atomic E-state index is 0. The fourth-order valence-corrected chi connectivity index (χ4v) is 1.07. The maximum atomic E-state index is 8.66. The third kappa shape index (κ3) is 65.3. The van der Waals surface area contributed by atoms with E-state index in [4.69, 9.17) is 10.5 Å². The maximum absolute atomic E-state index is 8.66. The number of nitrogens with one attached hydrogen (secondary N) is 1. The van der Waals surface area contributed by atoms with Crippen molar-refractivity contribution in [3.63, 3.8) is 0 Å². The summed E-state index contributed by atoms with van der Waals surface area (Å²) in [6.07, 6.45) is 0. The molecule has 0 unspecified atom stereocenters. The summed E-state index contributed by atoms with van der Waals surface area (Å²) in [4.78, 5) is 8.66. The molecule has 0 heterocycles. The van der Waals surface area contributed by atoms with Crippen molar-refractivity contribution in [1.29, 1.82) is 0 Å². The summed E-state index contributed by atoms with van der Waals surface area (Å²) in [5, 5.41) is 2.66. The summed E-state index contributed by atoms with van der Waals surface area (Å²) in [5.41, 5.74) is 6.69. The Morgan fingerprint density at radius 2 is 1.31 bits per heavy atom. The van der Waals surface area contributed by atoms with E-state index in [9.17, 15) is 0 Å². The molecule has 0 atom stereocenters. The van der Waals surface area contributed by atoms with Gasteiger partial charge in [0.05, 0.1) is 0 Å². The number of hydrogen-bond donors (Lipinski definition) is 1. The van der Waals surface area contributed by atoms with E-state index in [1.54, 1.807) is 26.1 Å². The van der Waals surface area contributed by atoms with Crippen LogP contribution in [0.4, 0.5) is 0 Å². The van der Waals surface area contributed by atoms with E-state index in [1.807, 2.05) is 40.4 Å². The Kier molecular flexibility index (Phi) is 50.6.